The minimum absolute atomic E-state index is 0.0120. The number of carbonyl (C=O) groups is 2. The van der Waals surface area contributed by atoms with Crippen molar-refractivity contribution in [3.05, 3.63) is 68.0 Å². The topological polar surface area (TPSA) is 76.0 Å². The molecule has 0 saturated heterocycles. The molecule has 0 bridgehead atoms. The number of anilines is 1. The van der Waals surface area contributed by atoms with Crippen molar-refractivity contribution in [3.63, 3.8) is 0 Å². The Kier molecular flexibility index (Phi) is 5.72. The molecule has 148 valence electrons. The molecule has 1 aromatic carbocycles. The van der Waals surface area contributed by atoms with E-state index < -0.39 is 0 Å². The van der Waals surface area contributed by atoms with Crippen molar-refractivity contribution in [2.75, 3.05) is 11.9 Å². The van der Waals surface area contributed by atoms with E-state index in [1.165, 1.54) is 0 Å². The molecule has 0 atom stereocenters. The van der Waals surface area contributed by atoms with Crippen molar-refractivity contribution in [2.45, 2.75) is 19.9 Å². The third-order valence-electron chi connectivity index (χ3n) is 4.67. The number of aromatic nitrogens is 2. The van der Waals surface area contributed by atoms with Gasteiger partial charge in [-0.2, -0.15) is 0 Å². The van der Waals surface area contributed by atoms with Crippen LogP contribution in [-0.4, -0.2) is 42.4 Å². The van der Waals surface area contributed by atoms with E-state index in [-0.39, 0.29) is 26.3 Å². The van der Waals surface area contributed by atoms with Gasteiger partial charge in [0.25, 0.3) is 0 Å². The molecule has 2 N–H and O–H groups in total. The summed E-state index contributed by atoms with van der Waals surface area (Å²) in [6.07, 6.45) is 8.12. The van der Waals surface area contributed by atoms with E-state index in [9.17, 15) is 9.59 Å². The van der Waals surface area contributed by atoms with Gasteiger partial charge in [-0.05, 0) is 0 Å². The molecule has 0 fully saturated rings. The van der Waals surface area contributed by atoms with Gasteiger partial charge in [-0.15, -0.1) is 0 Å². The summed E-state index contributed by atoms with van der Waals surface area (Å²) in [5.41, 5.74) is 2.85. The van der Waals surface area contributed by atoms with Gasteiger partial charge < -0.3 is 0 Å². The Labute approximate surface area is 179 Å². The van der Waals surface area contributed by atoms with Gasteiger partial charge in [0.05, 0.1) is 0 Å². The van der Waals surface area contributed by atoms with E-state index in [0.29, 0.717) is 22.7 Å². The second-order valence-electron chi connectivity index (χ2n) is 6.73. The van der Waals surface area contributed by atoms with Crippen LogP contribution < -0.4 is 10.6 Å². The first kappa shape index (κ1) is 19.7. The van der Waals surface area contributed by atoms with Crippen LogP contribution in [0.1, 0.15) is 31.2 Å². The Morgan fingerprint density at radius 2 is 2.24 bits per heavy atom. The van der Waals surface area contributed by atoms with Gasteiger partial charge in [-0.3, -0.25) is 0 Å². The first-order valence-corrected chi connectivity index (χ1v) is 11.3. The Morgan fingerprint density at radius 3 is 3.03 bits per heavy atom. The maximum absolute atomic E-state index is 12.6. The third-order valence-corrected chi connectivity index (χ3v) is 7.00. The van der Waals surface area contributed by atoms with E-state index in [1.54, 1.807) is 30.7 Å². The van der Waals surface area contributed by atoms with Crippen molar-refractivity contribution in [1.82, 2.24) is 14.9 Å². The van der Waals surface area contributed by atoms with Gasteiger partial charge in [0.1, 0.15) is 0 Å². The molecule has 4 rings (SSSR count). The quantitative estimate of drug-likeness (QED) is 0.328. The summed E-state index contributed by atoms with van der Waals surface area (Å²) >= 11 is 6.10. The minimum atomic E-state index is -0.144. The van der Waals surface area contributed by atoms with Crippen molar-refractivity contribution in [3.8, 4) is 0 Å². The number of aryl methyl sites for hydroxylation is 2. The average Bonchev–Trinajstić information content (AvgIpc) is 3.40. The molecule has 29 heavy (non-hydrogen) atoms. The van der Waals surface area contributed by atoms with E-state index in [4.69, 9.17) is 11.6 Å². The first-order valence-electron chi connectivity index (χ1n) is 9.18. The van der Waals surface area contributed by atoms with Gasteiger partial charge >= 0.3 is 179 Å². The summed E-state index contributed by atoms with van der Waals surface area (Å²) < 4.78 is 4.04. The predicted octanol–water partition coefficient (Wildman–Crippen LogP) is 3.21. The van der Waals surface area contributed by atoms with Crippen LogP contribution in [0.15, 0.2) is 43.0 Å². The second kappa shape index (κ2) is 8.41. The monoisotopic (exact) mass is 474 g/mol. The van der Waals surface area contributed by atoms with Crippen LogP contribution in [0.3, 0.4) is 0 Å². The summed E-state index contributed by atoms with van der Waals surface area (Å²) in [5.74, 6) is -0.211. The van der Waals surface area contributed by atoms with Gasteiger partial charge in [0, 0.05) is 0 Å². The number of benzene rings is 1. The Bertz CT molecular complexity index is 1100. The summed E-state index contributed by atoms with van der Waals surface area (Å²) in [6, 6.07) is 7.24. The Balaban J connectivity index is 1.45. The normalized spacial score (nSPS) is 14.1. The van der Waals surface area contributed by atoms with E-state index in [1.807, 2.05) is 29.8 Å². The molecular weight excluding hydrogens is 455 g/mol. The predicted molar refractivity (Wildman–Crippen MR) is 115 cm³/mol. The number of imidazole rings is 1. The zero-order valence-corrected chi connectivity index (χ0v) is 18.2. The van der Waals surface area contributed by atoms with Crippen LogP contribution in [0, 0.1) is 6.92 Å². The van der Waals surface area contributed by atoms with Crippen LogP contribution in [0.4, 0.5) is 5.69 Å². The van der Waals surface area contributed by atoms with Crippen molar-refractivity contribution in [2.24, 2.45) is 0 Å². The van der Waals surface area contributed by atoms with Crippen molar-refractivity contribution in [1.29, 1.82) is 0 Å². The molecule has 1 aliphatic rings. The fourth-order valence-electron chi connectivity index (χ4n) is 3.23. The Hall–Kier alpha value is -2.60. The molecule has 0 aliphatic carbocycles. The van der Waals surface area contributed by atoms with Crippen LogP contribution in [0.2, 0.25) is 5.02 Å². The van der Waals surface area contributed by atoms with Gasteiger partial charge in [0.15, 0.2) is 0 Å². The fourth-order valence-corrected chi connectivity index (χ4v) is 5.43. The summed E-state index contributed by atoms with van der Waals surface area (Å²) in [6.45, 7) is 3.38. The number of hydrogen-bond acceptors (Lipinski definition) is 3. The van der Waals surface area contributed by atoms with Crippen LogP contribution >= 0.6 is 11.6 Å². The number of nitrogens with one attached hydrogen (secondary N) is 2. The molecule has 6 nitrogen and oxygen atoms in total. The second-order valence-corrected chi connectivity index (χ2v) is 9.87. The molecule has 3 heterocycles. The zero-order valence-electron chi connectivity index (χ0n) is 15.7. The zero-order chi connectivity index (χ0) is 20.4. The fraction of sp³-hybridized carbons (Fsp3) is 0.190. The molecule has 8 heteroatoms. The number of carbonyl (C=O) groups excluding carboxylic acids is 2. The van der Waals surface area contributed by atoms with Crippen LogP contribution in [0.25, 0.3) is 11.6 Å². The SMILES string of the molecule is Cc1[se]c(/C=C2\C(=O)Nc3ccc(Cl)cc32)cc1C(=O)NCCCn1ccnc1. The first-order chi connectivity index (χ1) is 14.0. The number of amides is 2. The third kappa shape index (κ3) is 4.37. The number of halogens is 1. The molecule has 1 aliphatic heterocycles. The van der Waals surface area contributed by atoms with Gasteiger partial charge in [-0.1, -0.05) is 0 Å². The Morgan fingerprint density at radius 1 is 1.38 bits per heavy atom. The summed E-state index contributed by atoms with van der Waals surface area (Å²) in [5, 5.41) is 6.42. The van der Waals surface area contributed by atoms with Crippen molar-refractivity contribution < 1.29 is 9.59 Å². The molecule has 0 unspecified atom stereocenters. The molecule has 2 amide bonds. The van der Waals surface area contributed by atoms with E-state index in [2.05, 4.69) is 15.6 Å². The summed E-state index contributed by atoms with van der Waals surface area (Å²) in [4.78, 5) is 28.9. The summed E-state index contributed by atoms with van der Waals surface area (Å²) in [7, 11) is 0. The number of nitrogens with zero attached hydrogens (tertiary/aromatic N) is 2. The molecular formula is C21H19ClN4O2Se. The average molecular weight is 474 g/mol. The van der Waals surface area contributed by atoms with Crippen LogP contribution in [0.5, 0.6) is 0 Å². The molecule has 0 spiro atoms. The number of rotatable bonds is 6. The van der Waals surface area contributed by atoms with Gasteiger partial charge in [-0.25, -0.2) is 0 Å². The standard InChI is InChI=1S/C21H19ClN4O2Se/c1-13-16(20(27)24-5-2-7-26-8-6-23-12-26)10-15(29-13)11-18-17-9-14(22)3-4-19(17)25-21(18)28/h3-4,6,8-12H,2,5,7H2,1H3,(H,24,27)(H,25,28)/b18-11-. The number of hydrogen-bond donors (Lipinski definition) is 2. The van der Waals surface area contributed by atoms with E-state index in [0.717, 1.165) is 33.1 Å². The molecule has 0 radical (unpaired) electrons. The molecule has 3 aromatic rings. The molecule has 2 aromatic heterocycles. The maximum atomic E-state index is 12.6. The van der Waals surface area contributed by atoms with Crippen LogP contribution in [-0.2, 0) is 11.3 Å². The van der Waals surface area contributed by atoms with Gasteiger partial charge in [0.2, 0.25) is 0 Å². The molecule has 0 saturated carbocycles. The number of fused-ring (bicyclic) bond motifs is 1. The van der Waals surface area contributed by atoms with E-state index >= 15 is 0 Å². The van der Waals surface area contributed by atoms with Crippen molar-refractivity contribution >= 4 is 55.3 Å².